The highest BCUT2D eigenvalue weighted by Gasteiger charge is 2.20. The second-order valence-electron chi connectivity index (χ2n) is 7.22. The number of aryl methyl sites for hydroxylation is 1. The maximum Gasteiger partial charge on any atom is 0.191 e. The molecule has 26 heavy (non-hydrogen) atoms. The highest BCUT2D eigenvalue weighted by molar-refractivity contribution is 5.83. The summed E-state index contributed by atoms with van der Waals surface area (Å²) < 4.78 is 5.97. The summed E-state index contributed by atoms with van der Waals surface area (Å²) in [6, 6.07) is 8.62. The van der Waals surface area contributed by atoms with Crippen LogP contribution in [-0.2, 0) is 6.54 Å². The number of hydrogen-bond donors (Lipinski definition) is 2. The molecule has 0 spiro atoms. The van der Waals surface area contributed by atoms with Gasteiger partial charge in [0.05, 0.1) is 6.54 Å². The van der Waals surface area contributed by atoms with Crippen LogP contribution in [0.15, 0.2) is 45.8 Å². The van der Waals surface area contributed by atoms with Crippen molar-refractivity contribution in [3.8, 4) is 0 Å². The van der Waals surface area contributed by atoms with Gasteiger partial charge in [-0.05, 0) is 32.8 Å². The summed E-state index contributed by atoms with van der Waals surface area (Å²) in [4.78, 5) is 6.84. The van der Waals surface area contributed by atoms with Gasteiger partial charge in [-0.2, -0.15) is 0 Å². The van der Waals surface area contributed by atoms with Gasteiger partial charge in [-0.1, -0.05) is 30.4 Å². The smallest absolute Gasteiger partial charge is 0.191 e. The second-order valence-corrected chi connectivity index (χ2v) is 7.22. The lowest BCUT2D eigenvalue weighted by molar-refractivity contribution is 0.221. The molecule has 1 aliphatic rings. The van der Waals surface area contributed by atoms with E-state index in [1.807, 2.05) is 25.2 Å². The van der Waals surface area contributed by atoms with Gasteiger partial charge in [0.2, 0.25) is 0 Å². The van der Waals surface area contributed by atoms with E-state index in [9.17, 15) is 0 Å². The minimum Gasteiger partial charge on any atom is -0.459 e. The van der Waals surface area contributed by atoms with Gasteiger partial charge < -0.3 is 15.1 Å². The molecule has 1 fully saturated rings. The van der Waals surface area contributed by atoms with Gasteiger partial charge in [-0.25, -0.2) is 0 Å². The second kappa shape index (κ2) is 8.41. The molecule has 5 heteroatoms. The number of nitrogens with one attached hydrogen (secondary N) is 2. The van der Waals surface area contributed by atoms with E-state index in [0.717, 1.165) is 49.8 Å². The molecular formula is C21H30N4O. The van der Waals surface area contributed by atoms with Crippen LogP contribution >= 0.6 is 0 Å². The van der Waals surface area contributed by atoms with E-state index >= 15 is 0 Å². The molecule has 2 heterocycles. The lowest BCUT2D eigenvalue weighted by atomic mass is 10.0. The van der Waals surface area contributed by atoms with Gasteiger partial charge in [0.15, 0.2) is 5.96 Å². The fourth-order valence-electron chi connectivity index (χ4n) is 3.56. The number of guanidine groups is 1. The van der Waals surface area contributed by atoms with E-state index in [1.54, 1.807) is 0 Å². The Bertz CT molecular complexity index is 784. The predicted octanol–water partition coefficient (Wildman–Crippen LogP) is 3.45. The van der Waals surface area contributed by atoms with Crippen molar-refractivity contribution in [2.75, 3.05) is 26.7 Å². The van der Waals surface area contributed by atoms with Gasteiger partial charge in [-0.15, -0.1) is 0 Å². The number of nitrogens with zero attached hydrogens (tertiary/aromatic N) is 2. The monoisotopic (exact) mass is 354 g/mol. The van der Waals surface area contributed by atoms with Crippen molar-refractivity contribution in [1.29, 1.82) is 0 Å². The molecule has 0 bridgehead atoms. The van der Waals surface area contributed by atoms with E-state index in [0.29, 0.717) is 12.6 Å². The lowest BCUT2D eigenvalue weighted by Crippen LogP contribution is -2.48. The first-order valence-electron chi connectivity index (χ1n) is 9.37. The molecule has 1 aliphatic heterocycles. The zero-order valence-electron chi connectivity index (χ0n) is 16.1. The number of hydrogen-bond acceptors (Lipinski definition) is 3. The van der Waals surface area contributed by atoms with Crippen LogP contribution in [0.5, 0.6) is 0 Å². The van der Waals surface area contributed by atoms with E-state index in [2.05, 4.69) is 47.0 Å². The molecule has 5 nitrogen and oxygen atoms in total. The maximum absolute atomic E-state index is 5.97. The number of furan rings is 1. The fraction of sp³-hybridized carbons (Fsp3) is 0.476. The molecule has 1 aromatic carbocycles. The average molecular weight is 354 g/mol. The highest BCUT2D eigenvalue weighted by Crippen LogP contribution is 2.24. The lowest BCUT2D eigenvalue weighted by Gasteiger charge is -2.33. The summed E-state index contributed by atoms with van der Waals surface area (Å²) in [5.74, 6) is 1.80. The number of piperidine rings is 1. The quantitative estimate of drug-likeness (QED) is 0.491. The maximum atomic E-state index is 5.97. The Morgan fingerprint density at radius 1 is 1.31 bits per heavy atom. The Balaban J connectivity index is 1.52. The molecule has 0 aliphatic carbocycles. The average Bonchev–Trinajstić information content (AvgIpc) is 2.96. The number of fused-ring (bicyclic) bond motifs is 1. The van der Waals surface area contributed by atoms with Crippen LogP contribution in [0.4, 0.5) is 0 Å². The van der Waals surface area contributed by atoms with Gasteiger partial charge in [0, 0.05) is 43.7 Å². The van der Waals surface area contributed by atoms with E-state index < -0.39 is 0 Å². The largest absolute Gasteiger partial charge is 0.459 e. The third kappa shape index (κ3) is 4.47. The molecule has 0 radical (unpaired) electrons. The molecule has 140 valence electrons. The van der Waals surface area contributed by atoms with Crippen LogP contribution in [0, 0.1) is 6.92 Å². The van der Waals surface area contributed by atoms with Gasteiger partial charge in [-0.3, -0.25) is 9.89 Å². The zero-order valence-corrected chi connectivity index (χ0v) is 16.1. The molecule has 1 aromatic heterocycles. The van der Waals surface area contributed by atoms with Crippen LogP contribution in [0.25, 0.3) is 11.0 Å². The van der Waals surface area contributed by atoms with E-state index in [1.165, 1.54) is 16.5 Å². The molecule has 1 saturated heterocycles. The van der Waals surface area contributed by atoms with E-state index in [-0.39, 0.29) is 0 Å². The predicted molar refractivity (Wildman–Crippen MR) is 109 cm³/mol. The van der Waals surface area contributed by atoms with Crippen molar-refractivity contribution in [2.24, 2.45) is 4.99 Å². The Labute approximate surface area is 156 Å². The summed E-state index contributed by atoms with van der Waals surface area (Å²) in [7, 11) is 1.82. The Kier molecular flexibility index (Phi) is 5.99. The van der Waals surface area contributed by atoms with Crippen LogP contribution in [-0.4, -0.2) is 43.6 Å². The third-order valence-electron chi connectivity index (χ3n) is 5.00. The van der Waals surface area contributed by atoms with Crippen LogP contribution < -0.4 is 10.6 Å². The van der Waals surface area contributed by atoms with Crippen molar-refractivity contribution in [1.82, 2.24) is 15.5 Å². The summed E-state index contributed by atoms with van der Waals surface area (Å²) in [6.45, 7) is 12.1. The summed E-state index contributed by atoms with van der Waals surface area (Å²) in [5.41, 5.74) is 3.36. The molecular weight excluding hydrogens is 324 g/mol. The zero-order chi connectivity index (χ0) is 18.5. The fourth-order valence-corrected chi connectivity index (χ4v) is 3.56. The topological polar surface area (TPSA) is 52.8 Å². The molecule has 2 aromatic rings. The van der Waals surface area contributed by atoms with Crippen molar-refractivity contribution in [3.63, 3.8) is 0 Å². The first-order chi connectivity index (χ1) is 12.6. The van der Waals surface area contributed by atoms with Crippen LogP contribution in [0.2, 0.25) is 0 Å². The Morgan fingerprint density at radius 2 is 2.04 bits per heavy atom. The molecule has 3 rings (SSSR count). The number of para-hydroxylation sites is 1. The number of benzene rings is 1. The standard InChI is InChI=1S/C21H30N4O/c1-15(2)14-25-11-9-17(10-12-25)24-21(22-4)23-13-20-16(3)18-7-5-6-8-19(18)26-20/h5-8,17H,1,9-14H2,2-4H3,(H2,22,23,24). The van der Waals surface area contributed by atoms with Crippen molar-refractivity contribution in [2.45, 2.75) is 39.3 Å². The first-order valence-corrected chi connectivity index (χ1v) is 9.37. The number of rotatable bonds is 5. The highest BCUT2D eigenvalue weighted by atomic mass is 16.3. The minimum atomic E-state index is 0.458. The van der Waals surface area contributed by atoms with Crippen LogP contribution in [0.3, 0.4) is 0 Å². The van der Waals surface area contributed by atoms with Crippen molar-refractivity contribution in [3.05, 3.63) is 47.7 Å². The number of aliphatic imine (C=N–C) groups is 1. The van der Waals surface area contributed by atoms with Crippen LogP contribution in [0.1, 0.15) is 31.1 Å². The number of likely N-dealkylation sites (tertiary alicyclic amines) is 1. The first kappa shape index (κ1) is 18.5. The molecule has 0 amide bonds. The SMILES string of the molecule is C=C(C)CN1CCC(NC(=NC)NCc2oc3ccccc3c2C)CC1. The van der Waals surface area contributed by atoms with Crippen molar-refractivity contribution < 1.29 is 4.42 Å². The Morgan fingerprint density at radius 3 is 2.69 bits per heavy atom. The van der Waals surface area contributed by atoms with Gasteiger partial charge in [0.1, 0.15) is 11.3 Å². The molecule has 0 unspecified atom stereocenters. The van der Waals surface area contributed by atoms with Gasteiger partial charge >= 0.3 is 0 Å². The molecule has 0 atom stereocenters. The minimum absolute atomic E-state index is 0.458. The summed E-state index contributed by atoms with van der Waals surface area (Å²) in [6.07, 6.45) is 2.25. The summed E-state index contributed by atoms with van der Waals surface area (Å²) >= 11 is 0. The molecule has 0 saturated carbocycles. The normalized spacial score (nSPS) is 16.8. The summed E-state index contributed by atoms with van der Waals surface area (Å²) in [5, 5.41) is 8.12. The van der Waals surface area contributed by atoms with E-state index in [4.69, 9.17) is 4.42 Å². The van der Waals surface area contributed by atoms with Crippen molar-refractivity contribution >= 4 is 16.9 Å². The third-order valence-corrected chi connectivity index (χ3v) is 5.00. The Hall–Kier alpha value is -2.27. The van der Waals surface area contributed by atoms with Gasteiger partial charge in [0.25, 0.3) is 0 Å². The molecule has 2 N–H and O–H groups in total.